The molecule has 1 heterocycles. The number of nitrogens with zero attached hydrogens (tertiary/aromatic N) is 4. The average Bonchev–Trinajstić information content (AvgIpc) is 2.52. The van der Waals surface area contributed by atoms with Crippen molar-refractivity contribution < 1.29 is 4.92 Å². The van der Waals surface area contributed by atoms with Gasteiger partial charge in [-0.1, -0.05) is 30.3 Å². The lowest BCUT2D eigenvalue weighted by atomic mass is 10.2. The highest BCUT2D eigenvalue weighted by Gasteiger charge is 2.25. The van der Waals surface area contributed by atoms with Gasteiger partial charge in [0.15, 0.2) is 0 Å². The Hall–Kier alpha value is -2.70. The molecule has 21 heavy (non-hydrogen) atoms. The fourth-order valence-corrected chi connectivity index (χ4v) is 2.09. The van der Waals surface area contributed by atoms with Gasteiger partial charge in [-0.3, -0.25) is 10.1 Å². The molecule has 0 spiro atoms. The second kappa shape index (κ2) is 6.65. The second-order valence-electron chi connectivity index (χ2n) is 4.40. The lowest BCUT2D eigenvalue weighted by Crippen LogP contribution is -2.24. The number of benzene rings is 1. The van der Waals surface area contributed by atoms with E-state index in [4.69, 9.17) is 0 Å². The van der Waals surface area contributed by atoms with E-state index in [1.165, 1.54) is 6.33 Å². The van der Waals surface area contributed by atoms with Crippen LogP contribution < -0.4 is 10.2 Å². The number of nitro groups is 1. The van der Waals surface area contributed by atoms with Crippen molar-refractivity contribution in [3.63, 3.8) is 0 Å². The molecule has 0 fully saturated rings. The maximum absolute atomic E-state index is 11.3. The summed E-state index contributed by atoms with van der Waals surface area (Å²) in [5.41, 5.74) is 0.969. The van der Waals surface area contributed by atoms with Crippen LogP contribution in [0.25, 0.3) is 0 Å². The molecular formula is C14H17N5O2. The Morgan fingerprint density at radius 3 is 2.57 bits per heavy atom. The van der Waals surface area contributed by atoms with E-state index in [-0.39, 0.29) is 11.5 Å². The number of nitrogens with one attached hydrogen (secondary N) is 1. The summed E-state index contributed by atoms with van der Waals surface area (Å²) in [5.74, 6) is 0.544. The summed E-state index contributed by atoms with van der Waals surface area (Å²) < 4.78 is 0. The first kappa shape index (κ1) is 14.7. The Labute approximate surface area is 122 Å². The zero-order valence-electron chi connectivity index (χ0n) is 12.0. The van der Waals surface area contributed by atoms with Crippen molar-refractivity contribution in [2.75, 3.05) is 23.8 Å². The van der Waals surface area contributed by atoms with Crippen molar-refractivity contribution in [2.45, 2.75) is 13.5 Å². The van der Waals surface area contributed by atoms with Crippen LogP contribution in [0.15, 0.2) is 36.7 Å². The summed E-state index contributed by atoms with van der Waals surface area (Å²) in [6.07, 6.45) is 1.34. The molecule has 7 nitrogen and oxygen atoms in total. The largest absolute Gasteiger partial charge is 0.367 e. The summed E-state index contributed by atoms with van der Waals surface area (Å²) in [6.45, 7) is 3.10. The minimum Gasteiger partial charge on any atom is -0.367 e. The lowest BCUT2D eigenvalue weighted by molar-refractivity contribution is -0.383. The molecule has 0 aliphatic rings. The Balaban J connectivity index is 2.40. The van der Waals surface area contributed by atoms with Gasteiger partial charge in [0.2, 0.25) is 11.6 Å². The first-order chi connectivity index (χ1) is 10.2. The molecule has 0 saturated carbocycles. The maximum atomic E-state index is 11.3. The van der Waals surface area contributed by atoms with Crippen molar-refractivity contribution in [1.29, 1.82) is 0 Å². The smallest absolute Gasteiger partial charge is 0.353 e. The van der Waals surface area contributed by atoms with Crippen LogP contribution in [0.3, 0.4) is 0 Å². The summed E-state index contributed by atoms with van der Waals surface area (Å²) in [5, 5.41) is 14.1. The molecule has 2 rings (SSSR count). The van der Waals surface area contributed by atoms with Crippen LogP contribution in [0, 0.1) is 10.1 Å². The second-order valence-corrected chi connectivity index (χ2v) is 4.40. The van der Waals surface area contributed by atoms with E-state index < -0.39 is 4.92 Å². The normalized spacial score (nSPS) is 10.2. The lowest BCUT2D eigenvalue weighted by Gasteiger charge is -2.22. The third-order valence-electron chi connectivity index (χ3n) is 3.12. The SMILES string of the molecule is CCN(Cc1ccccc1)c1ncnc(NC)c1[N+](=O)[O-]. The van der Waals surface area contributed by atoms with Crippen molar-refractivity contribution >= 4 is 17.3 Å². The summed E-state index contributed by atoms with van der Waals surface area (Å²) >= 11 is 0. The molecule has 0 aliphatic carbocycles. The molecule has 2 aromatic rings. The summed E-state index contributed by atoms with van der Waals surface area (Å²) in [6, 6.07) is 9.78. The fraction of sp³-hybridized carbons (Fsp3) is 0.286. The number of anilines is 2. The molecule has 110 valence electrons. The summed E-state index contributed by atoms with van der Waals surface area (Å²) in [7, 11) is 1.60. The molecule has 0 aliphatic heterocycles. The third-order valence-corrected chi connectivity index (χ3v) is 3.12. The van der Waals surface area contributed by atoms with Crippen molar-refractivity contribution in [2.24, 2.45) is 0 Å². The first-order valence-corrected chi connectivity index (χ1v) is 6.63. The highest BCUT2D eigenvalue weighted by Crippen LogP contribution is 2.32. The fourth-order valence-electron chi connectivity index (χ4n) is 2.09. The van der Waals surface area contributed by atoms with Crippen LogP contribution in [-0.4, -0.2) is 28.5 Å². The Kier molecular flexibility index (Phi) is 4.65. The van der Waals surface area contributed by atoms with Gasteiger partial charge in [-0.15, -0.1) is 0 Å². The highest BCUT2D eigenvalue weighted by molar-refractivity contribution is 5.70. The molecule has 1 aromatic carbocycles. The van der Waals surface area contributed by atoms with Gasteiger partial charge < -0.3 is 10.2 Å². The van der Waals surface area contributed by atoms with E-state index in [9.17, 15) is 10.1 Å². The molecule has 0 saturated heterocycles. The van der Waals surface area contributed by atoms with E-state index in [2.05, 4.69) is 15.3 Å². The van der Waals surface area contributed by atoms with E-state index in [1.54, 1.807) is 7.05 Å². The van der Waals surface area contributed by atoms with Crippen LogP contribution in [0.4, 0.5) is 17.3 Å². The van der Waals surface area contributed by atoms with Gasteiger partial charge in [0.05, 0.1) is 4.92 Å². The number of aromatic nitrogens is 2. The van der Waals surface area contributed by atoms with Crippen LogP contribution in [0.2, 0.25) is 0 Å². The van der Waals surface area contributed by atoms with Gasteiger partial charge in [0.1, 0.15) is 6.33 Å². The third kappa shape index (κ3) is 3.25. The maximum Gasteiger partial charge on any atom is 0.353 e. The molecule has 0 bridgehead atoms. The first-order valence-electron chi connectivity index (χ1n) is 6.63. The summed E-state index contributed by atoms with van der Waals surface area (Å²) in [4.78, 5) is 20.8. The topological polar surface area (TPSA) is 84.2 Å². The predicted octanol–water partition coefficient (Wildman–Crippen LogP) is 2.45. The van der Waals surface area contributed by atoms with E-state index >= 15 is 0 Å². The Morgan fingerprint density at radius 2 is 2.00 bits per heavy atom. The monoisotopic (exact) mass is 287 g/mol. The highest BCUT2D eigenvalue weighted by atomic mass is 16.6. The van der Waals surface area contributed by atoms with E-state index in [1.807, 2.05) is 42.2 Å². The molecule has 0 amide bonds. The van der Waals surface area contributed by atoms with Crippen molar-refractivity contribution in [3.05, 3.63) is 52.3 Å². The molecule has 0 atom stereocenters. The van der Waals surface area contributed by atoms with Gasteiger partial charge in [-0.2, -0.15) is 0 Å². The zero-order chi connectivity index (χ0) is 15.2. The standard InChI is InChI=1S/C14H17N5O2/c1-3-18(9-11-7-5-4-6-8-11)14-12(19(20)21)13(15-2)16-10-17-14/h4-8,10H,3,9H2,1-2H3,(H,15,16,17). The molecular weight excluding hydrogens is 270 g/mol. The van der Waals surface area contributed by atoms with Crippen LogP contribution in [-0.2, 0) is 6.54 Å². The molecule has 7 heteroatoms. The van der Waals surface area contributed by atoms with Crippen molar-refractivity contribution in [3.8, 4) is 0 Å². The van der Waals surface area contributed by atoms with Gasteiger partial charge >= 0.3 is 5.69 Å². The molecule has 1 aromatic heterocycles. The molecule has 1 N–H and O–H groups in total. The quantitative estimate of drug-likeness (QED) is 0.649. The molecule has 0 radical (unpaired) electrons. The van der Waals surface area contributed by atoms with Gasteiger partial charge in [-0.25, -0.2) is 9.97 Å². The van der Waals surface area contributed by atoms with Gasteiger partial charge in [0.25, 0.3) is 0 Å². The predicted molar refractivity (Wildman–Crippen MR) is 81.4 cm³/mol. The van der Waals surface area contributed by atoms with Crippen molar-refractivity contribution in [1.82, 2.24) is 9.97 Å². The van der Waals surface area contributed by atoms with Crippen LogP contribution in [0.1, 0.15) is 12.5 Å². The van der Waals surface area contributed by atoms with Crippen LogP contribution in [0.5, 0.6) is 0 Å². The minimum atomic E-state index is -0.450. The number of rotatable bonds is 6. The van der Waals surface area contributed by atoms with E-state index in [0.29, 0.717) is 18.9 Å². The minimum absolute atomic E-state index is 0.0993. The van der Waals surface area contributed by atoms with Crippen LogP contribution >= 0.6 is 0 Å². The van der Waals surface area contributed by atoms with E-state index in [0.717, 1.165) is 5.56 Å². The number of hydrogen-bond donors (Lipinski definition) is 1. The zero-order valence-corrected chi connectivity index (χ0v) is 12.0. The molecule has 0 unspecified atom stereocenters. The number of hydrogen-bond acceptors (Lipinski definition) is 6. The Morgan fingerprint density at radius 1 is 1.29 bits per heavy atom. The van der Waals surface area contributed by atoms with Gasteiger partial charge in [0, 0.05) is 20.1 Å². The average molecular weight is 287 g/mol. The Bertz CT molecular complexity index is 618. The van der Waals surface area contributed by atoms with Gasteiger partial charge in [-0.05, 0) is 12.5 Å².